The lowest BCUT2D eigenvalue weighted by atomic mass is 10.1. The second kappa shape index (κ2) is 3.58. The van der Waals surface area contributed by atoms with Crippen LogP contribution in [-0.2, 0) is 9.53 Å². The first-order chi connectivity index (χ1) is 6.66. The number of benzene rings is 1. The minimum atomic E-state index is -0.471. The molecule has 1 aromatic carbocycles. The summed E-state index contributed by atoms with van der Waals surface area (Å²) in [6.07, 6.45) is 0.397. The molecule has 2 rings (SSSR count). The average Bonchev–Trinajstić information content (AvgIpc) is 2.56. The maximum absolute atomic E-state index is 13.3. The van der Waals surface area contributed by atoms with Crippen molar-refractivity contribution < 1.29 is 13.9 Å². The van der Waals surface area contributed by atoms with Crippen LogP contribution in [0, 0.1) is 5.82 Å². The molecule has 1 unspecified atom stereocenters. The van der Waals surface area contributed by atoms with Gasteiger partial charge in [0.1, 0.15) is 11.9 Å². The molecular weight excluding hydrogens is 207 g/mol. The first-order valence-electron chi connectivity index (χ1n) is 4.31. The molecule has 14 heavy (non-hydrogen) atoms. The van der Waals surface area contributed by atoms with Gasteiger partial charge in [-0.05, 0) is 24.6 Å². The molecule has 1 aliphatic rings. The van der Waals surface area contributed by atoms with Crippen molar-refractivity contribution in [2.75, 3.05) is 0 Å². The normalized spacial score (nSPS) is 21.0. The van der Waals surface area contributed by atoms with Crippen LogP contribution in [0.5, 0.6) is 0 Å². The highest BCUT2D eigenvalue weighted by atomic mass is 35.5. The van der Waals surface area contributed by atoms with Crippen molar-refractivity contribution in [2.24, 2.45) is 0 Å². The van der Waals surface area contributed by atoms with E-state index in [0.29, 0.717) is 23.4 Å². The molecule has 1 aliphatic heterocycles. The van der Waals surface area contributed by atoms with Crippen molar-refractivity contribution >= 4 is 17.6 Å². The molecule has 1 heterocycles. The highest BCUT2D eigenvalue weighted by Crippen LogP contribution is 2.32. The van der Waals surface area contributed by atoms with Gasteiger partial charge in [0.25, 0.3) is 0 Å². The number of hydrogen-bond donors (Lipinski definition) is 0. The smallest absolute Gasteiger partial charge is 0.306 e. The molecule has 74 valence electrons. The number of halogens is 2. The van der Waals surface area contributed by atoms with Crippen molar-refractivity contribution in [2.45, 2.75) is 18.9 Å². The lowest BCUT2D eigenvalue weighted by molar-refractivity contribution is -0.141. The Morgan fingerprint density at radius 1 is 1.50 bits per heavy atom. The SMILES string of the molecule is O=C1CCC(c2cc(Cl)ccc2F)O1. The minimum absolute atomic E-state index is 0.283. The van der Waals surface area contributed by atoms with E-state index in [1.807, 2.05) is 0 Å². The molecule has 0 bridgehead atoms. The van der Waals surface area contributed by atoms with Crippen LogP contribution in [-0.4, -0.2) is 5.97 Å². The predicted molar refractivity (Wildman–Crippen MR) is 49.5 cm³/mol. The summed E-state index contributed by atoms with van der Waals surface area (Å²) in [6, 6.07) is 4.25. The number of hydrogen-bond acceptors (Lipinski definition) is 2. The molecule has 1 aromatic rings. The van der Waals surface area contributed by atoms with Crippen LogP contribution in [0.1, 0.15) is 24.5 Å². The molecule has 1 atom stereocenters. The standard InChI is InChI=1S/C10H8ClFO2/c11-6-1-2-8(12)7(5-6)9-3-4-10(13)14-9/h1-2,5,9H,3-4H2. The number of ether oxygens (including phenoxy) is 1. The van der Waals surface area contributed by atoms with Gasteiger partial charge in [0.05, 0.1) is 0 Å². The zero-order chi connectivity index (χ0) is 10.1. The Kier molecular flexibility index (Phi) is 2.42. The Balaban J connectivity index is 2.31. The van der Waals surface area contributed by atoms with Crippen molar-refractivity contribution in [3.05, 3.63) is 34.6 Å². The number of cyclic esters (lactones) is 1. The zero-order valence-corrected chi connectivity index (χ0v) is 8.05. The van der Waals surface area contributed by atoms with Gasteiger partial charge in [-0.3, -0.25) is 4.79 Å². The molecular formula is C10H8ClFO2. The second-order valence-electron chi connectivity index (χ2n) is 3.18. The van der Waals surface area contributed by atoms with E-state index in [9.17, 15) is 9.18 Å². The number of rotatable bonds is 1. The third-order valence-electron chi connectivity index (χ3n) is 2.19. The van der Waals surface area contributed by atoms with E-state index in [-0.39, 0.29) is 11.8 Å². The van der Waals surface area contributed by atoms with Crippen molar-refractivity contribution in [1.29, 1.82) is 0 Å². The molecule has 0 spiro atoms. The molecule has 2 nitrogen and oxygen atoms in total. The molecule has 0 N–H and O–H groups in total. The fourth-order valence-electron chi connectivity index (χ4n) is 1.51. The second-order valence-corrected chi connectivity index (χ2v) is 3.62. The molecule has 0 saturated carbocycles. The quantitative estimate of drug-likeness (QED) is 0.672. The van der Waals surface area contributed by atoms with E-state index in [0.717, 1.165) is 0 Å². The molecule has 0 amide bonds. The number of esters is 1. The molecule has 1 fully saturated rings. The van der Waals surface area contributed by atoms with Crippen LogP contribution in [0.3, 0.4) is 0 Å². The van der Waals surface area contributed by atoms with Gasteiger partial charge >= 0.3 is 5.97 Å². The first-order valence-corrected chi connectivity index (χ1v) is 4.69. The van der Waals surface area contributed by atoms with Crippen LogP contribution in [0.15, 0.2) is 18.2 Å². The zero-order valence-electron chi connectivity index (χ0n) is 7.30. The number of carbonyl (C=O) groups is 1. The van der Waals surface area contributed by atoms with E-state index in [1.165, 1.54) is 18.2 Å². The predicted octanol–water partition coefficient (Wildman–Crippen LogP) is 2.86. The molecule has 0 aromatic heterocycles. The third kappa shape index (κ3) is 1.73. The Morgan fingerprint density at radius 2 is 2.29 bits per heavy atom. The summed E-state index contributed by atoms with van der Waals surface area (Å²) in [6.45, 7) is 0. The van der Waals surface area contributed by atoms with Crippen molar-refractivity contribution in [3.63, 3.8) is 0 Å². The van der Waals surface area contributed by atoms with E-state index in [4.69, 9.17) is 16.3 Å². The lowest BCUT2D eigenvalue weighted by Gasteiger charge is -2.10. The fraction of sp³-hybridized carbons (Fsp3) is 0.300. The van der Waals surface area contributed by atoms with Crippen LogP contribution in [0.4, 0.5) is 4.39 Å². The first kappa shape index (κ1) is 9.46. The van der Waals surface area contributed by atoms with Crippen molar-refractivity contribution in [3.8, 4) is 0 Å². The average molecular weight is 215 g/mol. The molecule has 4 heteroatoms. The molecule has 0 radical (unpaired) electrons. The van der Waals surface area contributed by atoms with E-state index >= 15 is 0 Å². The summed E-state index contributed by atoms with van der Waals surface area (Å²) >= 11 is 5.72. The van der Waals surface area contributed by atoms with Crippen LogP contribution in [0.25, 0.3) is 0 Å². The van der Waals surface area contributed by atoms with Gasteiger partial charge in [-0.25, -0.2) is 4.39 Å². The summed E-state index contributed by atoms with van der Waals surface area (Å²) in [5.74, 6) is -0.663. The number of carbonyl (C=O) groups excluding carboxylic acids is 1. The van der Waals surface area contributed by atoms with Crippen molar-refractivity contribution in [1.82, 2.24) is 0 Å². The van der Waals surface area contributed by atoms with Gasteiger partial charge in [-0.15, -0.1) is 0 Å². The molecule has 1 saturated heterocycles. The Morgan fingerprint density at radius 3 is 2.93 bits per heavy atom. The van der Waals surface area contributed by atoms with Crippen LogP contribution in [0.2, 0.25) is 5.02 Å². The Bertz CT molecular complexity index is 378. The third-order valence-corrected chi connectivity index (χ3v) is 2.42. The fourth-order valence-corrected chi connectivity index (χ4v) is 1.69. The summed E-state index contributed by atoms with van der Waals surface area (Å²) in [7, 11) is 0. The van der Waals surface area contributed by atoms with E-state index < -0.39 is 6.10 Å². The topological polar surface area (TPSA) is 26.3 Å². The van der Waals surface area contributed by atoms with Gasteiger partial charge in [-0.2, -0.15) is 0 Å². The largest absolute Gasteiger partial charge is 0.457 e. The summed E-state index contributed by atoms with van der Waals surface area (Å²) < 4.78 is 18.2. The summed E-state index contributed by atoms with van der Waals surface area (Å²) in [5, 5.41) is 0.448. The highest BCUT2D eigenvalue weighted by molar-refractivity contribution is 6.30. The summed E-state index contributed by atoms with van der Waals surface area (Å²) in [5.41, 5.74) is 0.364. The van der Waals surface area contributed by atoms with Gasteiger partial charge in [0, 0.05) is 17.0 Å². The van der Waals surface area contributed by atoms with Gasteiger partial charge < -0.3 is 4.74 Å². The molecule has 0 aliphatic carbocycles. The maximum atomic E-state index is 13.3. The summed E-state index contributed by atoms with van der Waals surface area (Å²) in [4.78, 5) is 10.8. The van der Waals surface area contributed by atoms with E-state index in [1.54, 1.807) is 0 Å². The Hall–Kier alpha value is -1.09. The Labute approximate surface area is 85.6 Å². The van der Waals surface area contributed by atoms with Crippen LogP contribution < -0.4 is 0 Å². The monoisotopic (exact) mass is 214 g/mol. The van der Waals surface area contributed by atoms with Gasteiger partial charge in [-0.1, -0.05) is 11.6 Å². The highest BCUT2D eigenvalue weighted by Gasteiger charge is 2.27. The van der Waals surface area contributed by atoms with Crippen LogP contribution >= 0.6 is 11.6 Å². The van der Waals surface area contributed by atoms with Gasteiger partial charge in [0.15, 0.2) is 0 Å². The van der Waals surface area contributed by atoms with Gasteiger partial charge in [0.2, 0.25) is 0 Å². The maximum Gasteiger partial charge on any atom is 0.306 e. The lowest BCUT2D eigenvalue weighted by Crippen LogP contribution is -2.01. The minimum Gasteiger partial charge on any atom is -0.457 e. The van der Waals surface area contributed by atoms with E-state index in [2.05, 4.69) is 0 Å².